The first kappa shape index (κ1) is 34.8. The monoisotopic (exact) mass is 486 g/mol. The Bertz CT molecular complexity index is 587. The summed E-state index contributed by atoms with van der Waals surface area (Å²) in [5, 5.41) is 29.1. The van der Waals surface area contributed by atoms with Crippen LogP contribution in [0.15, 0.2) is 0 Å². The predicted octanol–water partition coefficient (Wildman–Crippen LogP) is -14.4. The number of aliphatic hydroxyl groups excluding tert-OH is 3. The molecule has 1 aliphatic rings. The summed E-state index contributed by atoms with van der Waals surface area (Å²) in [7, 11) is -17.0. The summed E-state index contributed by atoms with van der Waals surface area (Å²) in [4.78, 5) is 58.0. The topological polar surface area (TPSA) is 269 Å². The number of phosphoric ester groups is 3. The molecule has 0 spiro atoms. The Morgan fingerprint density at radius 1 is 0.630 bits per heavy atom. The first-order chi connectivity index (χ1) is 10.5. The molecule has 21 heteroatoms. The van der Waals surface area contributed by atoms with Gasteiger partial charge in [-0.15, -0.1) is 0 Å². The molecule has 15 nitrogen and oxygen atoms in total. The SMILES string of the molecule is O=P([O-])([O-])OC1[C@H](O)C(OP(=O)(O)O)C(OP(=O)([O-])O)[C@@H](O)[C@@H]1O.[Na+].[Na+].[Na+]. The minimum absolute atomic E-state index is 0. The summed E-state index contributed by atoms with van der Waals surface area (Å²) >= 11 is 0. The van der Waals surface area contributed by atoms with Crippen LogP contribution < -0.4 is 103 Å². The van der Waals surface area contributed by atoms with Crippen molar-refractivity contribution in [1.82, 2.24) is 0 Å². The largest absolute Gasteiger partial charge is 1.00 e. The van der Waals surface area contributed by atoms with Gasteiger partial charge in [-0.25, -0.2) is 4.57 Å². The van der Waals surface area contributed by atoms with E-state index in [1.54, 1.807) is 0 Å². The van der Waals surface area contributed by atoms with Crippen molar-refractivity contribution in [3.63, 3.8) is 0 Å². The maximum Gasteiger partial charge on any atom is 1.00 e. The van der Waals surface area contributed by atoms with Gasteiger partial charge in [-0.3, -0.25) is 9.09 Å². The van der Waals surface area contributed by atoms with Crippen LogP contribution in [0.3, 0.4) is 0 Å². The van der Waals surface area contributed by atoms with Gasteiger partial charge in [0.2, 0.25) is 0 Å². The molecule has 144 valence electrons. The molecule has 7 atom stereocenters. The van der Waals surface area contributed by atoms with Crippen LogP contribution in [-0.2, 0) is 27.3 Å². The average molecular weight is 486 g/mol. The smallest absolute Gasteiger partial charge is 0.790 e. The molecule has 0 saturated heterocycles. The van der Waals surface area contributed by atoms with Crippen molar-refractivity contribution in [3.05, 3.63) is 0 Å². The minimum Gasteiger partial charge on any atom is -0.790 e. The fourth-order valence-corrected chi connectivity index (χ4v) is 3.66. The van der Waals surface area contributed by atoms with Crippen LogP contribution in [0.5, 0.6) is 0 Å². The Kier molecular flexibility index (Phi) is 16.8. The molecule has 0 bridgehead atoms. The number of hydrogen-bond donors (Lipinski definition) is 6. The fraction of sp³-hybridized carbons (Fsp3) is 1.00. The molecular formula is C6H12Na3O15P3. The Morgan fingerprint density at radius 3 is 1.33 bits per heavy atom. The van der Waals surface area contributed by atoms with Gasteiger partial charge < -0.3 is 58.3 Å². The van der Waals surface area contributed by atoms with E-state index in [2.05, 4.69) is 13.6 Å². The number of phosphoric acid groups is 3. The maximum absolute atomic E-state index is 10.9. The third kappa shape index (κ3) is 12.1. The Morgan fingerprint density at radius 2 is 1.00 bits per heavy atom. The van der Waals surface area contributed by atoms with Crippen LogP contribution in [0.4, 0.5) is 0 Å². The van der Waals surface area contributed by atoms with Gasteiger partial charge in [-0.05, 0) is 0 Å². The summed E-state index contributed by atoms with van der Waals surface area (Å²) in [6.45, 7) is 0. The summed E-state index contributed by atoms with van der Waals surface area (Å²) in [6.07, 6.45) is -15.0. The number of aliphatic hydroxyl groups is 3. The van der Waals surface area contributed by atoms with Crippen molar-refractivity contribution in [3.8, 4) is 0 Å². The van der Waals surface area contributed by atoms with Crippen LogP contribution in [0, 0.1) is 0 Å². The zero-order valence-electron chi connectivity index (χ0n) is 14.2. The van der Waals surface area contributed by atoms with Gasteiger partial charge in [0.05, 0.1) is 7.82 Å². The summed E-state index contributed by atoms with van der Waals surface area (Å²) in [5.41, 5.74) is 0. The quantitative estimate of drug-likeness (QED) is 0.150. The molecule has 0 amide bonds. The van der Waals surface area contributed by atoms with Crippen molar-refractivity contribution < 1.29 is 161 Å². The van der Waals surface area contributed by atoms with Crippen LogP contribution in [0.25, 0.3) is 0 Å². The number of rotatable bonds is 6. The van der Waals surface area contributed by atoms with E-state index in [-0.39, 0.29) is 88.7 Å². The summed E-state index contributed by atoms with van der Waals surface area (Å²) in [5.74, 6) is 0. The second-order valence-corrected chi connectivity index (χ2v) is 8.03. The second kappa shape index (κ2) is 13.0. The van der Waals surface area contributed by atoms with Gasteiger partial charge in [-0.2, -0.15) is 0 Å². The van der Waals surface area contributed by atoms with Gasteiger partial charge in [0.15, 0.2) is 0 Å². The average Bonchev–Trinajstić information content (AvgIpc) is 2.32. The second-order valence-electron chi connectivity index (χ2n) is 4.59. The molecule has 0 aromatic heterocycles. The van der Waals surface area contributed by atoms with E-state index in [0.717, 1.165) is 0 Å². The van der Waals surface area contributed by atoms with E-state index in [1.165, 1.54) is 0 Å². The van der Waals surface area contributed by atoms with Gasteiger partial charge >= 0.3 is 96.5 Å². The van der Waals surface area contributed by atoms with Crippen LogP contribution in [0.1, 0.15) is 0 Å². The normalized spacial score (nSPS) is 33.7. The van der Waals surface area contributed by atoms with Gasteiger partial charge in [0, 0.05) is 0 Å². The Labute approximate surface area is 218 Å². The van der Waals surface area contributed by atoms with Crippen LogP contribution >= 0.6 is 23.5 Å². The maximum atomic E-state index is 10.9. The fourth-order valence-electron chi connectivity index (χ4n) is 2.00. The van der Waals surface area contributed by atoms with E-state index in [1.807, 2.05) is 0 Å². The molecule has 6 N–H and O–H groups in total. The molecule has 1 aliphatic carbocycles. The van der Waals surface area contributed by atoms with Crippen molar-refractivity contribution in [2.75, 3.05) is 0 Å². The molecule has 0 heterocycles. The van der Waals surface area contributed by atoms with Crippen LogP contribution in [0.2, 0.25) is 0 Å². The van der Waals surface area contributed by atoms with E-state index in [4.69, 9.17) is 14.7 Å². The zero-order chi connectivity index (χ0) is 19.1. The molecular weight excluding hydrogens is 474 g/mol. The van der Waals surface area contributed by atoms with Gasteiger partial charge in [-0.1, -0.05) is 0 Å². The third-order valence-corrected chi connectivity index (χ3v) is 4.31. The standard InChI is InChI=1S/C6H15O15P3.3Na/c7-1-2(8)5(20-23(13,14)15)6(21-24(16,17)18)3(9)4(1)19-22(10,11)12;;;/h1-9H,(H2,10,11,12)(H2,13,14,15)(H2,16,17,18);;;/q;3*+1/p-3/t1-,2-,3-,4?,5?,6?;;;/m0.../s1. The molecule has 27 heavy (non-hydrogen) atoms. The van der Waals surface area contributed by atoms with Crippen LogP contribution in [-0.4, -0.2) is 66.6 Å². The molecule has 1 saturated carbocycles. The predicted molar refractivity (Wildman–Crippen MR) is 62.1 cm³/mol. The van der Waals surface area contributed by atoms with Crippen molar-refractivity contribution in [1.29, 1.82) is 0 Å². The van der Waals surface area contributed by atoms with E-state index >= 15 is 0 Å². The third-order valence-electron chi connectivity index (χ3n) is 2.78. The Balaban J connectivity index is -0.00000192. The molecule has 0 aromatic carbocycles. The minimum atomic E-state index is -5.86. The Hall–Kier alpha value is 3.21. The van der Waals surface area contributed by atoms with E-state index in [9.17, 15) is 43.7 Å². The van der Waals surface area contributed by atoms with Crippen molar-refractivity contribution in [2.45, 2.75) is 36.6 Å². The van der Waals surface area contributed by atoms with E-state index in [0.29, 0.717) is 0 Å². The van der Waals surface area contributed by atoms with Crippen molar-refractivity contribution in [2.24, 2.45) is 0 Å². The number of hydrogen-bond acceptors (Lipinski definition) is 12. The first-order valence-electron chi connectivity index (χ1n) is 5.72. The molecule has 4 unspecified atom stereocenters. The molecule has 0 aromatic rings. The summed E-state index contributed by atoms with van der Waals surface area (Å²) in [6, 6.07) is 0. The summed E-state index contributed by atoms with van der Waals surface area (Å²) < 4.78 is 43.9. The van der Waals surface area contributed by atoms with Gasteiger partial charge in [0.1, 0.15) is 36.6 Å². The molecule has 0 aliphatic heterocycles. The first-order valence-corrected chi connectivity index (χ1v) is 10.2. The zero-order valence-corrected chi connectivity index (χ0v) is 22.8. The van der Waals surface area contributed by atoms with Gasteiger partial charge in [0.25, 0.3) is 7.82 Å². The molecule has 1 rings (SSSR count). The van der Waals surface area contributed by atoms with Crippen molar-refractivity contribution >= 4 is 23.5 Å². The van der Waals surface area contributed by atoms with E-state index < -0.39 is 60.1 Å². The molecule has 0 radical (unpaired) electrons. The molecule has 1 fully saturated rings.